The average molecular weight is 437 g/mol. The summed E-state index contributed by atoms with van der Waals surface area (Å²) in [6, 6.07) is 12.4. The van der Waals surface area contributed by atoms with Gasteiger partial charge in [-0.25, -0.2) is 0 Å². The van der Waals surface area contributed by atoms with Crippen LogP contribution in [0.15, 0.2) is 47.4 Å². The molecule has 7 heteroatoms. The molecule has 3 aromatic rings. The number of carbonyl (C=O) groups excluding carboxylic acids is 1. The number of piperidine rings is 1. The number of fused-ring (bicyclic) bond motifs is 5. The van der Waals surface area contributed by atoms with E-state index in [1.165, 1.54) is 28.2 Å². The maximum absolute atomic E-state index is 13.0. The van der Waals surface area contributed by atoms with Crippen molar-refractivity contribution in [1.29, 1.82) is 0 Å². The fourth-order valence-electron chi connectivity index (χ4n) is 5.38. The molecule has 2 aliphatic rings. The van der Waals surface area contributed by atoms with Crippen LogP contribution in [0.2, 0.25) is 0 Å². The Labute approximate surface area is 186 Å². The number of para-hydroxylation sites is 1. The third kappa shape index (κ3) is 3.81. The maximum Gasteiger partial charge on any atom is 0.274 e. The number of aromatic nitrogens is 2. The monoisotopic (exact) mass is 436 g/mol. The van der Waals surface area contributed by atoms with E-state index in [0.29, 0.717) is 23.3 Å². The van der Waals surface area contributed by atoms with Crippen molar-refractivity contribution >= 4 is 34.3 Å². The summed E-state index contributed by atoms with van der Waals surface area (Å²) < 4.78 is 4.11. The molecule has 2 aromatic heterocycles. The van der Waals surface area contributed by atoms with Crippen molar-refractivity contribution in [2.75, 3.05) is 30.4 Å². The Kier molecular flexibility index (Phi) is 5.40. The van der Waals surface area contributed by atoms with Crippen LogP contribution < -0.4 is 10.9 Å². The number of aryl methyl sites for hydroxylation is 1. The Morgan fingerprint density at radius 1 is 1.16 bits per heavy atom. The van der Waals surface area contributed by atoms with Crippen molar-refractivity contribution in [2.24, 2.45) is 13.0 Å². The van der Waals surface area contributed by atoms with Gasteiger partial charge in [0.1, 0.15) is 5.69 Å². The molecular formula is C24H28N4O2S. The van der Waals surface area contributed by atoms with Crippen molar-refractivity contribution in [3.05, 3.63) is 64.2 Å². The smallest absolute Gasteiger partial charge is 0.274 e. The highest BCUT2D eigenvalue weighted by molar-refractivity contribution is 7.99. The zero-order chi connectivity index (χ0) is 21.5. The lowest BCUT2D eigenvalue weighted by molar-refractivity contribution is -0.113. The molecule has 1 N–H and O–H groups in total. The number of amides is 1. The Morgan fingerprint density at radius 2 is 2.00 bits per heavy atom. The summed E-state index contributed by atoms with van der Waals surface area (Å²) in [5, 5.41) is 4.10. The maximum atomic E-state index is 13.0. The van der Waals surface area contributed by atoms with Crippen molar-refractivity contribution in [3.63, 3.8) is 0 Å². The lowest BCUT2D eigenvalue weighted by Crippen LogP contribution is -2.47. The number of pyridine rings is 1. The number of carbonyl (C=O) groups is 1. The van der Waals surface area contributed by atoms with Crippen molar-refractivity contribution in [2.45, 2.75) is 25.4 Å². The second-order valence-corrected chi connectivity index (χ2v) is 9.71. The predicted octanol–water partition coefficient (Wildman–Crippen LogP) is 3.26. The lowest BCUT2D eigenvalue weighted by atomic mass is 9.83. The first kappa shape index (κ1) is 20.4. The van der Waals surface area contributed by atoms with Gasteiger partial charge in [0.2, 0.25) is 5.91 Å². The number of nitrogens with one attached hydrogen (secondary N) is 1. The second-order valence-electron chi connectivity index (χ2n) is 8.84. The first-order valence-corrected chi connectivity index (χ1v) is 12.2. The van der Waals surface area contributed by atoms with Crippen molar-refractivity contribution in [3.8, 4) is 0 Å². The van der Waals surface area contributed by atoms with Gasteiger partial charge in [-0.3, -0.25) is 14.5 Å². The molecule has 6 nitrogen and oxygen atoms in total. The normalized spacial score (nSPS) is 20.6. The average Bonchev–Trinajstić information content (AvgIpc) is 3.06. The SMILES string of the molecule is CSCC(=O)Nc1ccc2n(c1=O)CC1CC2CN(Cc2cn(C)c3ccccc23)C1. The van der Waals surface area contributed by atoms with Crippen LogP contribution in [0.3, 0.4) is 0 Å². The molecule has 0 radical (unpaired) electrons. The molecule has 4 heterocycles. The van der Waals surface area contributed by atoms with Crippen LogP contribution in [0.5, 0.6) is 0 Å². The van der Waals surface area contributed by atoms with Crippen LogP contribution in [-0.2, 0) is 24.9 Å². The molecule has 2 bridgehead atoms. The van der Waals surface area contributed by atoms with Gasteiger partial charge in [-0.2, -0.15) is 11.8 Å². The zero-order valence-electron chi connectivity index (χ0n) is 18.0. The Morgan fingerprint density at radius 3 is 2.84 bits per heavy atom. The number of rotatable bonds is 5. The molecule has 5 rings (SSSR count). The molecule has 1 aromatic carbocycles. The molecule has 0 saturated carbocycles. The van der Waals surface area contributed by atoms with Crippen molar-refractivity contribution in [1.82, 2.24) is 14.0 Å². The molecule has 0 spiro atoms. The van der Waals surface area contributed by atoms with Crippen LogP contribution in [-0.4, -0.2) is 45.0 Å². The highest BCUT2D eigenvalue weighted by Gasteiger charge is 2.35. The van der Waals surface area contributed by atoms with Gasteiger partial charge in [-0.1, -0.05) is 18.2 Å². The van der Waals surface area contributed by atoms with Gasteiger partial charge < -0.3 is 14.5 Å². The van der Waals surface area contributed by atoms with E-state index in [0.717, 1.165) is 38.3 Å². The van der Waals surface area contributed by atoms with Gasteiger partial charge in [-0.05, 0) is 42.4 Å². The van der Waals surface area contributed by atoms with Gasteiger partial charge >= 0.3 is 0 Å². The van der Waals surface area contributed by atoms with Crippen LogP contribution in [0.1, 0.15) is 23.6 Å². The molecule has 2 unspecified atom stereocenters. The lowest BCUT2D eigenvalue weighted by Gasteiger charge is -2.43. The fraction of sp³-hybridized carbons (Fsp3) is 0.417. The van der Waals surface area contributed by atoms with Gasteiger partial charge in [0.05, 0.1) is 5.75 Å². The molecule has 1 saturated heterocycles. The second kappa shape index (κ2) is 8.20. The Balaban J connectivity index is 1.37. The summed E-state index contributed by atoms with van der Waals surface area (Å²) in [7, 11) is 2.11. The summed E-state index contributed by atoms with van der Waals surface area (Å²) in [6.07, 6.45) is 5.26. The highest BCUT2D eigenvalue weighted by Crippen LogP contribution is 2.36. The molecule has 2 aliphatic heterocycles. The predicted molar refractivity (Wildman–Crippen MR) is 127 cm³/mol. The molecule has 1 amide bonds. The van der Waals surface area contributed by atoms with E-state index < -0.39 is 0 Å². The number of likely N-dealkylation sites (tertiary alicyclic amines) is 1. The van der Waals surface area contributed by atoms with E-state index >= 15 is 0 Å². The zero-order valence-corrected chi connectivity index (χ0v) is 18.8. The fourth-order valence-corrected chi connectivity index (χ4v) is 5.71. The van der Waals surface area contributed by atoms with E-state index in [9.17, 15) is 9.59 Å². The number of hydrogen-bond donors (Lipinski definition) is 1. The Bertz CT molecular complexity index is 1200. The van der Waals surface area contributed by atoms with Crippen LogP contribution >= 0.6 is 11.8 Å². The standard InChI is InChI=1S/C24H28N4O2S/c1-26-12-18(19-5-3-4-6-22(19)26)14-27-10-16-9-17(13-27)21-8-7-20(24(30)28(21)11-16)25-23(29)15-31-2/h3-8,12,16-17H,9-11,13-15H2,1-2H3,(H,25,29). The van der Waals surface area contributed by atoms with E-state index in [-0.39, 0.29) is 11.5 Å². The first-order chi connectivity index (χ1) is 15.0. The number of thioether (sulfide) groups is 1. The quantitative estimate of drug-likeness (QED) is 0.667. The number of hydrogen-bond acceptors (Lipinski definition) is 4. The summed E-state index contributed by atoms with van der Waals surface area (Å²) >= 11 is 1.45. The molecule has 162 valence electrons. The van der Waals surface area contributed by atoms with Gasteiger partial charge in [0.15, 0.2) is 0 Å². The van der Waals surface area contributed by atoms with E-state index in [1.54, 1.807) is 6.07 Å². The summed E-state index contributed by atoms with van der Waals surface area (Å²) in [6.45, 7) is 3.61. The summed E-state index contributed by atoms with van der Waals surface area (Å²) in [5.41, 5.74) is 4.07. The minimum atomic E-state index is -0.123. The molecule has 0 aliphatic carbocycles. The molecular weight excluding hydrogens is 408 g/mol. The molecule has 31 heavy (non-hydrogen) atoms. The topological polar surface area (TPSA) is 59.3 Å². The summed E-state index contributed by atoms with van der Waals surface area (Å²) in [5.74, 6) is 1.04. The van der Waals surface area contributed by atoms with Crippen LogP contribution in [0.25, 0.3) is 10.9 Å². The molecule has 1 fully saturated rings. The van der Waals surface area contributed by atoms with Gasteiger partial charge in [-0.15, -0.1) is 0 Å². The van der Waals surface area contributed by atoms with Gasteiger partial charge in [0.25, 0.3) is 5.56 Å². The van der Waals surface area contributed by atoms with Gasteiger partial charge in [0, 0.05) is 61.9 Å². The van der Waals surface area contributed by atoms with E-state index in [1.807, 2.05) is 16.9 Å². The van der Waals surface area contributed by atoms with Crippen LogP contribution in [0.4, 0.5) is 5.69 Å². The number of anilines is 1. The third-order valence-corrected chi connectivity index (χ3v) is 7.15. The first-order valence-electron chi connectivity index (χ1n) is 10.8. The third-order valence-electron chi connectivity index (χ3n) is 6.60. The minimum absolute atomic E-state index is 0.0656. The van der Waals surface area contributed by atoms with E-state index in [4.69, 9.17) is 0 Å². The highest BCUT2D eigenvalue weighted by atomic mass is 32.2. The summed E-state index contributed by atoms with van der Waals surface area (Å²) in [4.78, 5) is 27.5. The number of benzene rings is 1. The molecule has 2 atom stereocenters. The van der Waals surface area contributed by atoms with E-state index in [2.05, 4.69) is 52.3 Å². The van der Waals surface area contributed by atoms with Crippen molar-refractivity contribution < 1.29 is 4.79 Å². The largest absolute Gasteiger partial charge is 0.350 e. The minimum Gasteiger partial charge on any atom is -0.350 e. The number of nitrogens with zero attached hydrogens (tertiary/aromatic N) is 3. The Hall–Kier alpha value is -2.51. The van der Waals surface area contributed by atoms with Crippen LogP contribution in [0, 0.1) is 5.92 Å².